The number of rotatable bonds is 8. The van der Waals surface area contributed by atoms with E-state index in [4.69, 9.17) is 5.63 Å². The van der Waals surface area contributed by atoms with Gasteiger partial charge < -0.3 is 0 Å². The number of halogens is 2. The van der Waals surface area contributed by atoms with Gasteiger partial charge in [0.05, 0.1) is 0 Å². The Morgan fingerprint density at radius 3 is 1.62 bits per heavy atom. The summed E-state index contributed by atoms with van der Waals surface area (Å²) in [7, 11) is 0. The molecule has 0 bridgehead atoms. The van der Waals surface area contributed by atoms with Crippen molar-refractivity contribution < 1.29 is 18.4 Å². The SMILES string of the molecule is CCCC[O][Zr]([I])([I])[O]CCCC. The van der Waals surface area contributed by atoms with Gasteiger partial charge in [-0.3, -0.25) is 0 Å². The Hall–Kier alpha value is 2.26. The van der Waals surface area contributed by atoms with Crippen molar-refractivity contribution in [1.29, 1.82) is 0 Å². The van der Waals surface area contributed by atoms with Crippen LogP contribution in [0.15, 0.2) is 0 Å². The van der Waals surface area contributed by atoms with E-state index in [1.807, 2.05) is 0 Å². The maximum absolute atomic E-state index is 5.78. The molecule has 0 spiro atoms. The third kappa shape index (κ3) is 10.5. The summed E-state index contributed by atoms with van der Waals surface area (Å²) < 4.78 is 11.6. The van der Waals surface area contributed by atoms with Gasteiger partial charge in [-0.15, -0.1) is 0 Å². The van der Waals surface area contributed by atoms with Crippen LogP contribution in [0.4, 0.5) is 0 Å². The molecule has 13 heavy (non-hydrogen) atoms. The van der Waals surface area contributed by atoms with Crippen molar-refractivity contribution in [3.8, 4) is 0 Å². The third-order valence-corrected chi connectivity index (χ3v) is 11.6. The Kier molecular flexibility index (Phi) is 11.1. The molecule has 0 atom stereocenters. The van der Waals surface area contributed by atoms with Crippen LogP contribution < -0.4 is 0 Å². The van der Waals surface area contributed by atoms with Gasteiger partial charge in [0.1, 0.15) is 0 Å². The summed E-state index contributed by atoms with van der Waals surface area (Å²) in [5.41, 5.74) is 0. The minimum atomic E-state index is -2.54. The van der Waals surface area contributed by atoms with E-state index >= 15 is 0 Å². The molecule has 0 aromatic heterocycles. The second-order valence-corrected chi connectivity index (χ2v) is 35.6. The fraction of sp³-hybridized carbons (Fsp3) is 1.00. The molecule has 0 heterocycles. The van der Waals surface area contributed by atoms with Crippen LogP contribution in [-0.4, -0.2) is 13.2 Å². The van der Waals surface area contributed by atoms with Crippen LogP contribution in [0.3, 0.4) is 0 Å². The molecule has 80 valence electrons. The molecule has 0 rings (SSSR count). The van der Waals surface area contributed by atoms with Crippen LogP contribution >= 0.6 is 36.1 Å². The Balaban J connectivity index is 3.42. The Bertz CT molecular complexity index is 111. The number of unbranched alkanes of at least 4 members (excludes halogenated alkanes) is 2. The fourth-order valence-corrected chi connectivity index (χ4v) is 8.01. The summed E-state index contributed by atoms with van der Waals surface area (Å²) in [6.07, 6.45) is 4.71. The van der Waals surface area contributed by atoms with Crippen molar-refractivity contribution >= 4 is 36.1 Å². The molecule has 0 aromatic carbocycles. The van der Waals surface area contributed by atoms with E-state index in [1.165, 1.54) is 12.8 Å². The molecule has 0 aliphatic rings. The van der Waals surface area contributed by atoms with E-state index in [9.17, 15) is 0 Å². The summed E-state index contributed by atoms with van der Waals surface area (Å²) >= 11 is 2.27. The zero-order valence-corrected chi connectivity index (χ0v) is 15.1. The second-order valence-electron chi connectivity index (χ2n) is 2.87. The molecule has 2 nitrogen and oxygen atoms in total. The monoisotopic (exact) mass is 490 g/mol. The van der Waals surface area contributed by atoms with Gasteiger partial charge in [0.2, 0.25) is 0 Å². The average Bonchev–Trinajstić information content (AvgIpc) is 2.05. The van der Waals surface area contributed by atoms with E-state index in [1.54, 1.807) is 0 Å². The van der Waals surface area contributed by atoms with Crippen molar-refractivity contribution in [2.45, 2.75) is 39.5 Å². The average molecular weight is 491 g/mol. The number of hydrogen-bond acceptors (Lipinski definition) is 2. The van der Waals surface area contributed by atoms with E-state index < -0.39 is 12.8 Å². The zero-order chi connectivity index (χ0) is 10.2. The minimum absolute atomic E-state index is 0.880. The summed E-state index contributed by atoms with van der Waals surface area (Å²) in [4.78, 5) is 0. The van der Waals surface area contributed by atoms with Crippen LogP contribution in [0.25, 0.3) is 0 Å². The predicted molar refractivity (Wildman–Crippen MR) is 69.8 cm³/mol. The van der Waals surface area contributed by atoms with Gasteiger partial charge in [0.15, 0.2) is 0 Å². The molecule has 0 radical (unpaired) electrons. The molecule has 0 saturated heterocycles. The molecule has 0 fully saturated rings. The van der Waals surface area contributed by atoms with Crippen LogP contribution in [0.1, 0.15) is 39.5 Å². The van der Waals surface area contributed by atoms with E-state index in [0.717, 1.165) is 26.1 Å². The molecule has 0 unspecified atom stereocenters. The molecular formula is C8H18I2O2Zr. The maximum atomic E-state index is 5.78. The van der Waals surface area contributed by atoms with Crippen molar-refractivity contribution in [3.05, 3.63) is 0 Å². The van der Waals surface area contributed by atoms with Crippen molar-refractivity contribution in [3.63, 3.8) is 0 Å². The van der Waals surface area contributed by atoms with Crippen LogP contribution in [-0.2, 0) is 18.4 Å². The van der Waals surface area contributed by atoms with Gasteiger partial charge in [-0.05, 0) is 0 Å². The van der Waals surface area contributed by atoms with Gasteiger partial charge in [0, 0.05) is 0 Å². The molecule has 0 aliphatic heterocycles. The standard InChI is InChI=1S/2C4H9O.2HI.Zr/c2*1-2-3-4-5;;;/h2*2-4H2,1H3;2*1H;/q2*-1;;;+4/p-2. The van der Waals surface area contributed by atoms with Crippen LogP contribution in [0, 0.1) is 0 Å². The topological polar surface area (TPSA) is 18.5 Å². The van der Waals surface area contributed by atoms with Crippen molar-refractivity contribution in [1.82, 2.24) is 0 Å². The normalized spacial score (nSPS) is 12.0. The van der Waals surface area contributed by atoms with Gasteiger partial charge in [0.25, 0.3) is 0 Å². The summed E-state index contributed by atoms with van der Waals surface area (Å²) in [6.45, 7) is 6.12. The van der Waals surface area contributed by atoms with Crippen LogP contribution in [0.5, 0.6) is 0 Å². The molecule has 0 aliphatic carbocycles. The van der Waals surface area contributed by atoms with E-state index in [-0.39, 0.29) is 0 Å². The first-order valence-electron chi connectivity index (χ1n) is 4.78. The first kappa shape index (κ1) is 15.3. The Morgan fingerprint density at radius 1 is 0.923 bits per heavy atom. The van der Waals surface area contributed by atoms with E-state index in [2.05, 4.69) is 49.9 Å². The molecular weight excluding hydrogens is 473 g/mol. The molecule has 0 N–H and O–H groups in total. The van der Waals surface area contributed by atoms with Crippen molar-refractivity contribution in [2.24, 2.45) is 0 Å². The first-order chi connectivity index (χ1) is 6.12. The third-order valence-electron chi connectivity index (χ3n) is 1.54. The van der Waals surface area contributed by atoms with Gasteiger partial charge >= 0.3 is 107 Å². The Morgan fingerprint density at radius 2 is 1.31 bits per heavy atom. The van der Waals surface area contributed by atoms with Crippen molar-refractivity contribution in [2.75, 3.05) is 13.2 Å². The second kappa shape index (κ2) is 9.49. The van der Waals surface area contributed by atoms with E-state index in [0.29, 0.717) is 0 Å². The van der Waals surface area contributed by atoms with Gasteiger partial charge in [-0.2, -0.15) is 0 Å². The van der Waals surface area contributed by atoms with Gasteiger partial charge in [-0.1, -0.05) is 0 Å². The molecule has 0 saturated carbocycles. The fourth-order valence-electron chi connectivity index (χ4n) is 0.712. The molecule has 0 amide bonds. The summed E-state index contributed by atoms with van der Waals surface area (Å²) in [5, 5.41) is 0. The number of hydrogen-bond donors (Lipinski definition) is 0. The summed E-state index contributed by atoms with van der Waals surface area (Å²) in [6, 6.07) is 0. The Labute approximate surface area is 106 Å². The molecule has 0 aromatic rings. The summed E-state index contributed by atoms with van der Waals surface area (Å²) in [5.74, 6) is 0. The quantitative estimate of drug-likeness (QED) is 0.373. The van der Waals surface area contributed by atoms with Crippen LogP contribution in [0.2, 0.25) is 0 Å². The molecule has 5 heteroatoms. The predicted octanol–water partition coefficient (Wildman–Crippen LogP) is 4.30. The zero-order valence-electron chi connectivity index (χ0n) is 8.32. The first-order valence-corrected chi connectivity index (χ1v) is 21.4. The van der Waals surface area contributed by atoms with Gasteiger partial charge in [-0.25, -0.2) is 0 Å².